The summed E-state index contributed by atoms with van der Waals surface area (Å²) in [5.74, 6) is -0.204. The second kappa shape index (κ2) is 7.11. The minimum atomic E-state index is -0.204. The zero-order valence-electron chi connectivity index (χ0n) is 13.6. The molecule has 0 aliphatic rings. The van der Waals surface area contributed by atoms with Gasteiger partial charge in [0.2, 0.25) is 0 Å². The van der Waals surface area contributed by atoms with E-state index in [9.17, 15) is 4.79 Å². The van der Waals surface area contributed by atoms with E-state index in [4.69, 9.17) is 11.6 Å². The number of aromatic nitrogens is 3. The largest absolute Gasteiger partial charge is 0.321 e. The summed E-state index contributed by atoms with van der Waals surface area (Å²) in [7, 11) is 1.89. The van der Waals surface area contributed by atoms with Gasteiger partial charge in [0.15, 0.2) is 5.16 Å². The number of nitrogens with zero attached hydrogens (tertiary/aromatic N) is 3. The van der Waals surface area contributed by atoms with Crippen molar-refractivity contribution in [2.24, 2.45) is 7.05 Å². The fourth-order valence-electron chi connectivity index (χ4n) is 2.42. The molecular weight excluding hydrogens is 388 g/mol. The quantitative estimate of drug-likeness (QED) is 0.518. The molecule has 26 heavy (non-hydrogen) atoms. The van der Waals surface area contributed by atoms with Gasteiger partial charge in [0, 0.05) is 27.7 Å². The first-order valence-corrected chi connectivity index (χ1v) is 9.73. The second-order valence-corrected chi connectivity index (χ2v) is 8.02. The van der Waals surface area contributed by atoms with Crippen molar-refractivity contribution in [2.45, 2.75) is 10.1 Å². The molecule has 4 aromatic rings. The average molecular weight is 401 g/mol. The van der Waals surface area contributed by atoms with Crippen LogP contribution in [0.2, 0.25) is 5.02 Å². The molecule has 1 amide bonds. The van der Waals surface area contributed by atoms with E-state index in [1.54, 1.807) is 6.33 Å². The van der Waals surface area contributed by atoms with Gasteiger partial charge in [-0.1, -0.05) is 29.8 Å². The number of nitrogens with one attached hydrogen (secondary N) is 1. The van der Waals surface area contributed by atoms with Crippen molar-refractivity contribution in [3.8, 4) is 0 Å². The van der Waals surface area contributed by atoms with Crippen molar-refractivity contribution < 1.29 is 4.79 Å². The molecule has 0 spiro atoms. The Bertz CT molecular complexity index is 1090. The monoisotopic (exact) mass is 400 g/mol. The first-order valence-electron chi connectivity index (χ1n) is 7.72. The predicted octanol–water partition coefficient (Wildman–Crippen LogP) is 5.09. The third-order valence-corrected chi connectivity index (χ3v) is 6.47. The molecule has 0 bridgehead atoms. The molecule has 4 rings (SSSR count). The maximum Gasteiger partial charge on any atom is 0.267 e. The van der Waals surface area contributed by atoms with Gasteiger partial charge in [-0.15, -0.1) is 21.5 Å². The molecule has 8 heteroatoms. The first kappa shape index (κ1) is 17.1. The Morgan fingerprint density at radius 1 is 1.19 bits per heavy atom. The van der Waals surface area contributed by atoms with Gasteiger partial charge in [-0.25, -0.2) is 0 Å². The lowest BCUT2D eigenvalue weighted by molar-refractivity contribution is 0.103. The van der Waals surface area contributed by atoms with Crippen LogP contribution in [0.4, 0.5) is 5.69 Å². The van der Waals surface area contributed by atoms with Crippen LogP contribution in [-0.4, -0.2) is 20.7 Å². The fourth-order valence-corrected chi connectivity index (χ4v) is 4.60. The minimum Gasteiger partial charge on any atom is -0.321 e. The number of anilines is 1. The van der Waals surface area contributed by atoms with Crippen LogP contribution in [0.3, 0.4) is 0 Å². The SMILES string of the molecule is Cn1cnnc1Sc1ccc(NC(=O)c2sc3ccccc3c2Cl)cc1. The van der Waals surface area contributed by atoms with E-state index in [-0.39, 0.29) is 5.91 Å². The Balaban J connectivity index is 1.50. The number of thiophene rings is 1. The summed E-state index contributed by atoms with van der Waals surface area (Å²) in [5.41, 5.74) is 0.714. The second-order valence-electron chi connectivity index (χ2n) is 5.55. The van der Waals surface area contributed by atoms with Crippen molar-refractivity contribution in [3.05, 3.63) is 64.8 Å². The van der Waals surface area contributed by atoms with Gasteiger partial charge in [-0.05, 0) is 42.1 Å². The average Bonchev–Trinajstić information content (AvgIpc) is 3.20. The number of benzene rings is 2. The fraction of sp³-hybridized carbons (Fsp3) is 0.0556. The predicted molar refractivity (Wildman–Crippen MR) is 106 cm³/mol. The maximum atomic E-state index is 12.6. The first-order chi connectivity index (χ1) is 12.6. The lowest BCUT2D eigenvalue weighted by atomic mass is 10.2. The highest BCUT2D eigenvalue weighted by Gasteiger charge is 2.17. The van der Waals surface area contributed by atoms with Crippen molar-refractivity contribution >= 4 is 56.4 Å². The molecule has 130 valence electrons. The van der Waals surface area contributed by atoms with Gasteiger partial charge in [-0.3, -0.25) is 4.79 Å². The van der Waals surface area contributed by atoms with Crippen LogP contribution < -0.4 is 5.32 Å². The number of amides is 1. The summed E-state index contributed by atoms with van der Waals surface area (Å²) in [4.78, 5) is 14.1. The molecule has 2 heterocycles. The Labute approximate surface area is 163 Å². The molecule has 1 N–H and O–H groups in total. The highest BCUT2D eigenvalue weighted by molar-refractivity contribution is 7.99. The van der Waals surface area contributed by atoms with E-state index in [0.717, 1.165) is 20.1 Å². The number of fused-ring (bicyclic) bond motifs is 1. The molecule has 0 aliphatic carbocycles. The topological polar surface area (TPSA) is 59.8 Å². The van der Waals surface area contributed by atoms with Gasteiger partial charge >= 0.3 is 0 Å². The summed E-state index contributed by atoms with van der Waals surface area (Å²) >= 11 is 9.27. The summed E-state index contributed by atoms with van der Waals surface area (Å²) in [6.07, 6.45) is 1.66. The molecule has 2 aromatic heterocycles. The molecule has 0 unspecified atom stereocenters. The molecule has 0 radical (unpaired) electrons. The smallest absolute Gasteiger partial charge is 0.267 e. The number of hydrogen-bond acceptors (Lipinski definition) is 5. The van der Waals surface area contributed by atoms with Crippen molar-refractivity contribution in [2.75, 3.05) is 5.32 Å². The van der Waals surface area contributed by atoms with Crippen molar-refractivity contribution in [1.29, 1.82) is 0 Å². The van der Waals surface area contributed by atoms with Gasteiger partial charge in [0.1, 0.15) is 11.2 Å². The summed E-state index contributed by atoms with van der Waals surface area (Å²) in [6.45, 7) is 0. The lowest BCUT2D eigenvalue weighted by Gasteiger charge is -2.05. The summed E-state index contributed by atoms with van der Waals surface area (Å²) < 4.78 is 2.85. The molecule has 0 fully saturated rings. The molecule has 0 saturated carbocycles. The van der Waals surface area contributed by atoms with E-state index in [1.807, 2.05) is 60.1 Å². The number of carbonyl (C=O) groups is 1. The molecule has 2 aromatic carbocycles. The normalized spacial score (nSPS) is 11.0. The van der Waals surface area contributed by atoms with Gasteiger partial charge in [-0.2, -0.15) is 0 Å². The van der Waals surface area contributed by atoms with E-state index in [2.05, 4.69) is 15.5 Å². The lowest BCUT2D eigenvalue weighted by Crippen LogP contribution is -2.10. The zero-order valence-corrected chi connectivity index (χ0v) is 16.0. The van der Waals surface area contributed by atoms with Crippen LogP contribution in [0.25, 0.3) is 10.1 Å². The molecule has 5 nitrogen and oxygen atoms in total. The van der Waals surface area contributed by atoms with Gasteiger partial charge < -0.3 is 9.88 Å². The number of hydrogen-bond donors (Lipinski definition) is 1. The number of carbonyl (C=O) groups excluding carboxylic acids is 1. The van der Waals surface area contributed by atoms with E-state index in [1.165, 1.54) is 23.1 Å². The Morgan fingerprint density at radius 3 is 2.65 bits per heavy atom. The van der Waals surface area contributed by atoms with E-state index >= 15 is 0 Å². The highest BCUT2D eigenvalue weighted by atomic mass is 35.5. The molecular formula is C18H13ClN4OS2. The van der Waals surface area contributed by atoms with Gasteiger partial charge in [0.05, 0.1) is 5.02 Å². The van der Waals surface area contributed by atoms with Crippen LogP contribution in [0.5, 0.6) is 0 Å². The summed E-state index contributed by atoms with van der Waals surface area (Å²) in [6, 6.07) is 15.3. The summed E-state index contributed by atoms with van der Waals surface area (Å²) in [5, 5.41) is 13.0. The minimum absolute atomic E-state index is 0.204. The van der Waals surface area contributed by atoms with Crippen LogP contribution in [-0.2, 0) is 7.05 Å². The van der Waals surface area contributed by atoms with Crippen molar-refractivity contribution in [1.82, 2.24) is 14.8 Å². The molecule has 0 atom stereocenters. The number of rotatable bonds is 4. The Morgan fingerprint density at radius 2 is 1.96 bits per heavy atom. The molecule has 0 aliphatic heterocycles. The maximum absolute atomic E-state index is 12.6. The molecule has 0 saturated heterocycles. The number of aryl methyl sites for hydroxylation is 1. The van der Waals surface area contributed by atoms with Crippen LogP contribution in [0, 0.1) is 0 Å². The third-order valence-electron chi connectivity index (χ3n) is 3.73. The standard InChI is InChI=1S/C18H13ClN4OS2/c1-23-10-20-22-18(23)25-12-8-6-11(7-9-12)21-17(24)16-15(19)13-4-2-3-5-14(13)26-16/h2-10H,1H3,(H,21,24). The van der Waals surface area contributed by atoms with Crippen molar-refractivity contribution in [3.63, 3.8) is 0 Å². The van der Waals surface area contributed by atoms with Crippen LogP contribution >= 0.6 is 34.7 Å². The van der Waals surface area contributed by atoms with E-state index in [0.29, 0.717) is 15.6 Å². The Hall–Kier alpha value is -2.35. The van der Waals surface area contributed by atoms with E-state index < -0.39 is 0 Å². The zero-order chi connectivity index (χ0) is 18.1. The van der Waals surface area contributed by atoms with Crippen LogP contribution in [0.15, 0.2) is 64.9 Å². The third kappa shape index (κ3) is 3.33. The number of halogens is 1. The highest BCUT2D eigenvalue weighted by Crippen LogP contribution is 2.35. The Kier molecular flexibility index (Phi) is 4.67. The van der Waals surface area contributed by atoms with Gasteiger partial charge in [0.25, 0.3) is 5.91 Å². The van der Waals surface area contributed by atoms with Crippen LogP contribution in [0.1, 0.15) is 9.67 Å².